The Bertz CT molecular complexity index is 875. The maximum atomic E-state index is 12.2. The summed E-state index contributed by atoms with van der Waals surface area (Å²) in [6.07, 6.45) is 5.66. The van der Waals surface area contributed by atoms with E-state index in [1.807, 2.05) is 41.0 Å². The second kappa shape index (κ2) is 5.62. The van der Waals surface area contributed by atoms with Gasteiger partial charge in [0.2, 0.25) is 5.91 Å². The predicted octanol–water partition coefficient (Wildman–Crippen LogP) is 3.50. The number of nitrogens with one attached hydrogen (secondary N) is 1. The topological polar surface area (TPSA) is 59.8 Å². The molecular formula is C17H13BrN4O. The number of pyridine rings is 1. The molecule has 1 amide bonds. The largest absolute Gasteiger partial charge is 0.310 e. The minimum Gasteiger partial charge on any atom is -0.310 e. The standard InChI is InChI=1S/C17H13BrN4O/c18-12-4-1-5-13(7-12)22-10-20-16-14(8-15(23)21-17(16)22)11-3-2-6-19-9-11/h1-7,9-10,14H,8H2,(H,21,23)/t14-/m0/s1. The number of benzene rings is 1. The Morgan fingerprint density at radius 3 is 2.96 bits per heavy atom. The van der Waals surface area contributed by atoms with Crippen LogP contribution in [0, 0.1) is 0 Å². The normalized spacial score (nSPS) is 16.7. The minimum atomic E-state index is -0.0687. The average Bonchev–Trinajstić information content (AvgIpc) is 2.98. The van der Waals surface area contributed by atoms with Crippen LogP contribution < -0.4 is 5.32 Å². The van der Waals surface area contributed by atoms with Crippen LogP contribution in [0.4, 0.5) is 5.82 Å². The molecule has 1 aliphatic heterocycles. The summed E-state index contributed by atoms with van der Waals surface area (Å²) in [7, 11) is 0. The van der Waals surface area contributed by atoms with Gasteiger partial charge in [0.1, 0.15) is 12.1 Å². The molecule has 1 aliphatic rings. The first kappa shape index (κ1) is 14.1. The van der Waals surface area contributed by atoms with E-state index >= 15 is 0 Å². The number of carbonyl (C=O) groups is 1. The number of anilines is 1. The third-order valence-electron chi connectivity index (χ3n) is 3.95. The van der Waals surface area contributed by atoms with Crippen molar-refractivity contribution >= 4 is 27.7 Å². The number of halogens is 1. The van der Waals surface area contributed by atoms with E-state index in [4.69, 9.17) is 0 Å². The second-order valence-corrected chi connectivity index (χ2v) is 6.34. The van der Waals surface area contributed by atoms with Crippen LogP contribution in [0.2, 0.25) is 0 Å². The molecule has 0 unspecified atom stereocenters. The predicted molar refractivity (Wildman–Crippen MR) is 90.6 cm³/mol. The van der Waals surface area contributed by atoms with Crippen LogP contribution >= 0.6 is 15.9 Å². The molecule has 23 heavy (non-hydrogen) atoms. The van der Waals surface area contributed by atoms with Gasteiger partial charge in [-0.1, -0.05) is 28.1 Å². The van der Waals surface area contributed by atoms with E-state index in [1.54, 1.807) is 18.7 Å². The van der Waals surface area contributed by atoms with Gasteiger partial charge < -0.3 is 5.32 Å². The Morgan fingerprint density at radius 2 is 2.17 bits per heavy atom. The molecule has 4 rings (SSSR count). The third-order valence-corrected chi connectivity index (χ3v) is 4.44. The first-order valence-electron chi connectivity index (χ1n) is 7.25. The third kappa shape index (κ3) is 2.55. The summed E-state index contributed by atoms with van der Waals surface area (Å²) in [5, 5.41) is 2.95. The number of amides is 1. The molecule has 0 spiro atoms. The number of carbonyl (C=O) groups excluding carboxylic acids is 1. The zero-order chi connectivity index (χ0) is 15.8. The molecular weight excluding hydrogens is 356 g/mol. The smallest absolute Gasteiger partial charge is 0.226 e. The van der Waals surface area contributed by atoms with E-state index < -0.39 is 0 Å². The van der Waals surface area contributed by atoms with Crippen molar-refractivity contribution in [1.29, 1.82) is 0 Å². The molecule has 0 saturated carbocycles. The molecule has 0 radical (unpaired) electrons. The minimum absolute atomic E-state index is 0.0110. The van der Waals surface area contributed by atoms with Crippen LogP contribution in [0.15, 0.2) is 59.6 Å². The van der Waals surface area contributed by atoms with Gasteiger partial charge in [0.25, 0.3) is 0 Å². The Kier molecular flexibility index (Phi) is 3.46. The number of aromatic nitrogens is 3. The summed E-state index contributed by atoms with van der Waals surface area (Å²) in [6.45, 7) is 0. The number of fused-ring (bicyclic) bond motifs is 1. The van der Waals surface area contributed by atoms with E-state index in [9.17, 15) is 4.79 Å². The van der Waals surface area contributed by atoms with Crippen LogP contribution in [0.25, 0.3) is 5.69 Å². The Labute approximate surface area is 141 Å². The lowest BCUT2D eigenvalue weighted by molar-refractivity contribution is -0.116. The average molecular weight is 369 g/mol. The van der Waals surface area contributed by atoms with E-state index in [0.29, 0.717) is 6.42 Å². The van der Waals surface area contributed by atoms with Crippen molar-refractivity contribution in [3.63, 3.8) is 0 Å². The van der Waals surface area contributed by atoms with Gasteiger partial charge in [0, 0.05) is 34.9 Å². The van der Waals surface area contributed by atoms with Crippen molar-refractivity contribution in [3.8, 4) is 5.69 Å². The lowest BCUT2D eigenvalue weighted by atomic mass is 9.91. The molecule has 2 aromatic heterocycles. The van der Waals surface area contributed by atoms with E-state index in [-0.39, 0.29) is 11.8 Å². The van der Waals surface area contributed by atoms with Crippen LogP contribution in [0.5, 0.6) is 0 Å². The van der Waals surface area contributed by atoms with Gasteiger partial charge in [-0.15, -0.1) is 0 Å². The summed E-state index contributed by atoms with van der Waals surface area (Å²) in [4.78, 5) is 20.9. The zero-order valence-electron chi connectivity index (χ0n) is 12.1. The van der Waals surface area contributed by atoms with Crippen molar-refractivity contribution in [1.82, 2.24) is 14.5 Å². The van der Waals surface area contributed by atoms with Crippen molar-refractivity contribution in [3.05, 3.63) is 70.8 Å². The molecule has 0 bridgehead atoms. The van der Waals surface area contributed by atoms with Crippen molar-refractivity contribution < 1.29 is 4.79 Å². The van der Waals surface area contributed by atoms with Gasteiger partial charge in [0.05, 0.1) is 5.69 Å². The molecule has 6 heteroatoms. The first-order chi connectivity index (χ1) is 11.2. The monoisotopic (exact) mass is 368 g/mol. The van der Waals surface area contributed by atoms with E-state index in [2.05, 4.69) is 31.2 Å². The highest BCUT2D eigenvalue weighted by molar-refractivity contribution is 9.10. The molecule has 5 nitrogen and oxygen atoms in total. The first-order valence-corrected chi connectivity index (χ1v) is 8.04. The van der Waals surface area contributed by atoms with E-state index in [0.717, 1.165) is 27.2 Å². The fourth-order valence-corrected chi connectivity index (χ4v) is 3.27. The van der Waals surface area contributed by atoms with Crippen LogP contribution in [0.3, 0.4) is 0 Å². The van der Waals surface area contributed by atoms with Gasteiger partial charge in [0.15, 0.2) is 0 Å². The van der Waals surface area contributed by atoms with Gasteiger partial charge in [-0.25, -0.2) is 4.98 Å². The van der Waals surface area contributed by atoms with E-state index in [1.165, 1.54) is 0 Å². The van der Waals surface area contributed by atoms with Crippen LogP contribution in [0.1, 0.15) is 23.6 Å². The molecule has 3 aromatic rings. The number of rotatable bonds is 2. The highest BCUT2D eigenvalue weighted by atomic mass is 79.9. The maximum absolute atomic E-state index is 12.2. The quantitative estimate of drug-likeness (QED) is 0.752. The number of hydrogen-bond donors (Lipinski definition) is 1. The Hall–Kier alpha value is -2.47. The van der Waals surface area contributed by atoms with Crippen molar-refractivity contribution in [2.24, 2.45) is 0 Å². The fourth-order valence-electron chi connectivity index (χ4n) is 2.89. The van der Waals surface area contributed by atoms with Crippen LogP contribution in [-0.4, -0.2) is 20.4 Å². The van der Waals surface area contributed by atoms with Crippen LogP contribution in [-0.2, 0) is 4.79 Å². The Balaban J connectivity index is 1.83. The van der Waals surface area contributed by atoms with Gasteiger partial charge in [-0.3, -0.25) is 14.3 Å². The number of imidazole rings is 1. The highest BCUT2D eigenvalue weighted by Crippen LogP contribution is 2.37. The SMILES string of the molecule is O=C1C[C@@H](c2cccnc2)c2ncn(-c3cccc(Br)c3)c2N1. The maximum Gasteiger partial charge on any atom is 0.226 e. The highest BCUT2D eigenvalue weighted by Gasteiger charge is 2.31. The van der Waals surface area contributed by atoms with Gasteiger partial charge in [-0.2, -0.15) is 0 Å². The summed E-state index contributed by atoms with van der Waals surface area (Å²) in [5.41, 5.74) is 2.82. The molecule has 114 valence electrons. The van der Waals surface area contributed by atoms with Crippen molar-refractivity contribution in [2.75, 3.05) is 5.32 Å². The fraction of sp³-hybridized carbons (Fsp3) is 0.118. The summed E-state index contributed by atoms with van der Waals surface area (Å²) < 4.78 is 2.88. The summed E-state index contributed by atoms with van der Waals surface area (Å²) in [6, 6.07) is 11.7. The molecule has 1 N–H and O–H groups in total. The summed E-state index contributed by atoms with van der Waals surface area (Å²) in [5.74, 6) is 0.650. The lowest BCUT2D eigenvalue weighted by Crippen LogP contribution is -2.24. The molecule has 1 atom stereocenters. The van der Waals surface area contributed by atoms with Crippen molar-refractivity contribution in [2.45, 2.75) is 12.3 Å². The molecule has 0 saturated heterocycles. The number of nitrogens with zero attached hydrogens (tertiary/aromatic N) is 3. The van der Waals surface area contributed by atoms with Gasteiger partial charge >= 0.3 is 0 Å². The Morgan fingerprint density at radius 1 is 1.26 bits per heavy atom. The molecule has 0 aliphatic carbocycles. The van der Waals surface area contributed by atoms with Gasteiger partial charge in [-0.05, 0) is 29.8 Å². The number of hydrogen-bond acceptors (Lipinski definition) is 3. The molecule has 3 heterocycles. The second-order valence-electron chi connectivity index (χ2n) is 5.42. The zero-order valence-corrected chi connectivity index (χ0v) is 13.7. The lowest BCUT2D eigenvalue weighted by Gasteiger charge is -2.23. The molecule has 1 aromatic carbocycles. The summed E-state index contributed by atoms with van der Waals surface area (Å²) >= 11 is 3.47. The molecule has 0 fully saturated rings.